The van der Waals surface area contributed by atoms with Crippen molar-refractivity contribution in [3.63, 3.8) is 0 Å². The van der Waals surface area contributed by atoms with Gasteiger partial charge in [0.05, 0.1) is 5.69 Å². The number of aromatic nitrogens is 2. The fourth-order valence-corrected chi connectivity index (χ4v) is 1.60. The van der Waals surface area contributed by atoms with E-state index in [9.17, 15) is 4.39 Å². The maximum Gasteiger partial charge on any atom is 0.321 e. The number of nitrogens with two attached hydrogens (primary N) is 1. The van der Waals surface area contributed by atoms with E-state index in [2.05, 4.69) is 15.5 Å². The van der Waals surface area contributed by atoms with Crippen LogP contribution in [0, 0.1) is 9.39 Å². The van der Waals surface area contributed by atoms with E-state index in [-0.39, 0.29) is 17.8 Å². The minimum Gasteiger partial charge on any atom is -0.389 e. The molecular formula is C8H6FIN4O. The third kappa shape index (κ3) is 2.35. The molecule has 0 aliphatic carbocycles. The molecular weight excluding hydrogens is 314 g/mol. The second-order valence-corrected chi connectivity index (χ2v) is 3.86. The van der Waals surface area contributed by atoms with Crippen LogP contribution in [0.5, 0.6) is 0 Å². The van der Waals surface area contributed by atoms with Gasteiger partial charge in [-0.25, -0.2) is 4.39 Å². The van der Waals surface area contributed by atoms with Gasteiger partial charge in [0, 0.05) is 3.57 Å². The molecule has 0 unspecified atom stereocenters. The van der Waals surface area contributed by atoms with Crippen molar-refractivity contribution in [1.82, 2.24) is 10.2 Å². The molecule has 0 spiro atoms. The van der Waals surface area contributed by atoms with Gasteiger partial charge in [-0.15, -0.1) is 0 Å². The van der Waals surface area contributed by atoms with Crippen LogP contribution in [0.25, 0.3) is 0 Å². The number of rotatable bonds is 2. The van der Waals surface area contributed by atoms with Crippen molar-refractivity contribution in [2.75, 3.05) is 11.1 Å². The molecule has 5 nitrogen and oxygen atoms in total. The standard InChI is InChI=1S/C8H6FIN4O/c9-4-1-2-6(5(10)3-4)12-8-14-13-7(11)15-8/h1-3H,(H2,11,13)(H,12,14). The van der Waals surface area contributed by atoms with Gasteiger partial charge in [-0.2, -0.15) is 0 Å². The Kier molecular flexibility index (Phi) is 2.71. The van der Waals surface area contributed by atoms with Crippen LogP contribution in [0.2, 0.25) is 0 Å². The average Bonchev–Trinajstić information content (AvgIpc) is 2.56. The molecule has 0 saturated heterocycles. The molecule has 1 aromatic carbocycles. The first-order valence-electron chi connectivity index (χ1n) is 3.96. The molecule has 2 aromatic rings. The first kappa shape index (κ1) is 10.1. The fourth-order valence-electron chi connectivity index (χ4n) is 0.991. The van der Waals surface area contributed by atoms with Crippen molar-refractivity contribution in [2.45, 2.75) is 0 Å². The van der Waals surface area contributed by atoms with Gasteiger partial charge in [0.1, 0.15) is 5.82 Å². The van der Waals surface area contributed by atoms with E-state index in [1.807, 2.05) is 22.6 Å². The minimum absolute atomic E-state index is 0.0189. The Morgan fingerprint density at radius 2 is 2.20 bits per heavy atom. The summed E-state index contributed by atoms with van der Waals surface area (Å²) in [5.74, 6) is -0.296. The number of nitrogens with one attached hydrogen (secondary N) is 1. The summed E-state index contributed by atoms with van der Waals surface area (Å²) in [5.41, 5.74) is 5.93. The number of nitrogens with zero attached hydrogens (tertiary/aromatic N) is 2. The predicted octanol–water partition coefficient (Wildman–Crippen LogP) is 2.14. The van der Waals surface area contributed by atoms with Gasteiger partial charge in [-0.05, 0) is 40.8 Å². The molecule has 0 aliphatic rings. The number of nitrogen functional groups attached to an aromatic ring is 1. The van der Waals surface area contributed by atoms with Gasteiger partial charge in [0.15, 0.2) is 0 Å². The third-order valence-corrected chi connectivity index (χ3v) is 2.51. The summed E-state index contributed by atoms with van der Waals surface area (Å²) in [5, 5.41) is 9.93. The van der Waals surface area contributed by atoms with Gasteiger partial charge < -0.3 is 15.5 Å². The van der Waals surface area contributed by atoms with E-state index in [1.165, 1.54) is 12.1 Å². The summed E-state index contributed by atoms with van der Waals surface area (Å²) >= 11 is 2.00. The lowest BCUT2D eigenvalue weighted by Crippen LogP contribution is -1.93. The fraction of sp³-hybridized carbons (Fsp3) is 0. The first-order valence-corrected chi connectivity index (χ1v) is 5.04. The van der Waals surface area contributed by atoms with Crippen LogP contribution in [0.15, 0.2) is 22.6 Å². The molecule has 0 saturated carbocycles. The van der Waals surface area contributed by atoms with Crippen LogP contribution in [-0.4, -0.2) is 10.2 Å². The van der Waals surface area contributed by atoms with E-state index < -0.39 is 0 Å². The Morgan fingerprint density at radius 1 is 1.40 bits per heavy atom. The summed E-state index contributed by atoms with van der Waals surface area (Å²) in [4.78, 5) is 0. The lowest BCUT2D eigenvalue weighted by Gasteiger charge is -2.03. The van der Waals surface area contributed by atoms with Crippen molar-refractivity contribution in [3.05, 3.63) is 27.6 Å². The molecule has 7 heteroatoms. The molecule has 0 radical (unpaired) electrons. The highest BCUT2D eigenvalue weighted by Crippen LogP contribution is 2.22. The quantitative estimate of drug-likeness (QED) is 0.829. The second kappa shape index (κ2) is 4.01. The van der Waals surface area contributed by atoms with Crippen molar-refractivity contribution in [1.29, 1.82) is 0 Å². The third-order valence-electron chi connectivity index (χ3n) is 1.61. The van der Waals surface area contributed by atoms with E-state index in [0.717, 1.165) is 0 Å². The van der Waals surface area contributed by atoms with E-state index in [4.69, 9.17) is 10.2 Å². The minimum atomic E-state index is -0.296. The van der Waals surface area contributed by atoms with Gasteiger partial charge in [-0.3, -0.25) is 0 Å². The SMILES string of the molecule is Nc1nnc(Nc2ccc(F)cc2I)o1. The van der Waals surface area contributed by atoms with Crippen LogP contribution in [0.1, 0.15) is 0 Å². The Balaban J connectivity index is 2.24. The maximum absolute atomic E-state index is 12.8. The average molecular weight is 320 g/mol. The highest BCUT2D eigenvalue weighted by atomic mass is 127. The zero-order valence-electron chi connectivity index (χ0n) is 7.37. The van der Waals surface area contributed by atoms with Gasteiger partial charge >= 0.3 is 12.0 Å². The second-order valence-electron chi connectivity index (χ2n) is 2.69. The lowest BCUT2D eigenvalue weighted by molar-refractivity contribution is 0.593. The molecule has 0 amide bonds. The van der Waals surface area contributed by atoms with Crippen LogP contribution < -0.4 is 11.1 Å². The molecule has 1 aromatic heterocycles. The van der Waals surface area contributed by atoms with E-state index in [0.29, 0.717) is 9.26 Å². The molecule has 0 atom stereocenters. The Labute approximate surface area is 98.0 Å². The summed E-state index contributed by atoms with van der Waals surface area (Å²) in [6, 6.07) is 4.47. The van der Waals surface area contributed by atoms with Crippen molar-refractivity contribution < 1.29 is 8.81 Å². The van der Waals surface area contributed by atoms with Gasteiger partial charge in [0.2, 0.25) is 0 Å². The maximum atomic E-state index is 12.8. The number of hydrogen-bond acceptors (Lipinski definition) is 5. The first-order chi connectivity index (χ1) is 7.15. The number of halogens is 2. The van der Waals surface area contributed by atoms with Crippen LogP contribution in [0.4, 0.5) is 22.1 Å². The normalized spacial score (nSPS) is 10.3. The summed E-state index contributed by atoms with van der Waals surface area (Å²) in [6.45, 7) is 0. The smallest absolute Gasteiger partial charge is 0.321 e. The van der Waals surface area contributed by atoms with Crippen LogP contribution in [-0.2, 0) is 0 Å². The zero-order chi connectivity index (χ0) is 10.8. The Morgan fingerprint density at radius 3 is 2.80 bits per heavy atom. The van der Waals surface area contributed by atoms with Crippen LogP contribution in [0.3, 0.4) is 0 Å². The van der Waals surface area contributed by atoms with Crippen LogP contribution >= 0.6 is 22.6 Å². The molecule has 0 bridgehead atoms. The topological polar surface area (TPSA) is 77.0 Å². The summed E-state index contributed by atoms with van der Waals surface area (Å²) in [7, 11) is 0. The molecule has 78 valence electrons. The highest BCUT2D eigenvalue weighted by molar-refractivity contribution is 14.1. The molecule has 15 heavy (non-hydrogen) atoms. The molecule has 0 fully saturated rings. The molecule has 0 aliphatic heterocycles. The molecule has 1 heterocycles. The molecule has 3 N–H and O–H groups in total. The Hall–Kier alpha value is -1.38. The number of benzene rings is 1. The van der Waals surface area contributed by atoms with E-state index >= 15 is 0 Å². The van der Waals surface area contributed by atoms with Crippen molar-refractivity contribution >= 4 is 40.3 Å². The number of anilines is 3. The predicted molar refractivity (Wildman–Crippen MR) is 61.1 cm³/mol. The molecule has 2 rings (SSSR count). The summed E-state index contributed by atoms with van der Waals surface area (Å²) in [6.07, 6.45) is 0. The highest BCUT2D eigenvalue weighted by Gasteiger charge is 2.06. The monoisotopic (exact) mass is 320 g/mol. The van der Waals surface area contributed by atoms with Crippen molar-refractivity contribution in [3.8, 4) is 0 Å². The van der Waals surface area contributed by atoms with Crippen molar-refractivity contribution in [2.24, 2.45) is 0 Å². The zero-order valence-corrected chi connectivity index (χ0v) is 9.53. The summed E-state index contributed by atoms with van der Waals surface area (Å²) < 4.78 is 18.4. The lowest BCUT2D eigenvalue weighted by atomic mass is 10.3. The largest absolute Gasteiger partial charge is 0.389 e. The van der Waals surface area contributed by atoms with Gasteiger partial charge in [0.25, 0.3) is 0 Å². The van der Waals surface area contributed by atoms with E-state index in [1.54, 1.807) is 6.07 Å². The van der Waals surface area contributed by atoms with Gasteiger partial charge in [-0.1, -0.05) is 10.2 Å². The Bertz CT molecular complexity index is 487. The number of hydrogen-bond donors (Lipinski definition) is 2.